The lowest BCUT2D eigenvalue weighted by Crippen LogP contribution is -2.48. The van der Waals surface area contributed by atoms with Gasteiger partial charge in [0.1, 0.15) is 4.88 Å². The Balaban J connectivity index is 1.51. The summed E-state index contributed by atoms with van der Waals surface area (Å²) < 4.78 is 1.06. The maximum absolute atomic E-state index is 12.9. The number of aromatic nitrogens is 1. The van der Waals surface area contributed by atoms with Crippen LogP contribution in [-0.4, -0.2) is 42.0 Å². The van der Waals surface area contributed by atoms with Gasteiger partial charge >= 0.3 is 0 Å². The minimum atomic E-state index is 0.0376. The quantitative estimate of drug-likeness (QED) is 0.697. The summed E-state index contributed by atoms with van der Waals surface area (Å²) in [6.07, 6.45) is 3.59. The monoisotopic (exact) mass is 357 g/mol. The van der Waals surface area contributed by atoms with Crippen LogP contribution >= 0.6 is 22.9 Å². The number of anilines is 1. The Hall–Kier alpha value is -2.11. The Kier molecular flexibility index (Phi) is 4.12. The standard InChI is InChI=1S/C18H16ClN3OS/c19-16-14-3-1-2-4-15(14)24-17(16)18(23)22-11-9-21(10-12-22)13-5-7-20-8-6-13/h1-8H,9-12H2. The Labute approximate surface area is 149 Å². The smallest absolute Gasteiger partial charge is 0.265 e. The molecular formula is C18H16ClN3OS. The molecule has 0 bridgehead atoms. The van der Waals surface area contributed by atoms with Gasteiger partial charge in [-0.1, -0.05) is 29.8 Å². The van der Waals surface area contributed by atoms with Crippen LogP contribution in [0.2, 0.25) is 5.02 Å². The molecule has 3 aromatic rings. The second-order valence-electron chi connectivity index (χ2n) is 5.73. The number of piperazine rings is 1. The summed E-state index contributed by atoms with van der Waals surface area (Å²) in [7, 11) is 0. The van der Waals surface area contributed by atoms with Gasteiger partial charge in [-0.05, 0) is 18.2 Å². The molecule has 1 saturated heterocycles. The highest BCUT2D eigenvalue weighted by Crippen LogP contribution is 2.36. The Morgan fingerprint density at radius 1 is 1.04 bits per heavy atom. The molecule has 0 saturated carbocycles. The second-order valence-corrected chi connectivity index (χ2v) is 7.16. The fourth-order valence-corrected chi connectivity index (χ4v) is 4.50. The number of fused-ring (bicyclic) bond motifs is 1. The summed E-state index contributed by atoms with van der Waals surface area (Å²) in [5.74, 6) is 0.0376. The predicted octanol–water partition coefficient (Wildman–Crippen LogP) is 3.91. The third kappa shape index (κ3) is 2.74. The van der Waals surface area contributed by atoms with Crippen LogP contribution in [0.3, 0.4) is 0 Å². The number of rotatable bonds is 2. The predicted molar refractivity (Wildman–Crippen MR) is 99.2 cm³/mol. The molecule has 1 aliphatic heterocycles. The van der Waals surface area contributed by atoms with E-state index >= 15 is 0 Å². The summed E-state index contributed by atoms with van der Waals surface area (Å²) in [4.78, 5) is 21.7. The number of carbonyl (C=O) groups excluding carboxylic acids is 1. The molecule has 0 unspecified atom stereocenters. The van der Waals surface area contributed by atoms with Gasteiger partial charge in [-0.3, -0.25) is 9.78 Å². The number of benzene rings is 1. The Morgan fingerprint density at radius 3 is 2.46 bits per heavy atom. The van der Waals surface area contributed by atoms with Crippen LogP contribution in [-0.2, 0) is 0 Å². The van der Waals surface area contributed by atoms with Crippen LogP contribution in [0.4, 0.5) is 5.69 Å². The van der Waals surface area contributed by atoms with Crippen molar-refractivity contribution < 1.29 is 4.79 Å². The highest BCUT2D eigenvalue weighted by Gasteiger charge is 2.26. The molecule has 0 spiro atoms. The van der Waals surface area contributed by atoms with Gasteiger partial charge in [0.25, 0.3) is 5.91 Å². The number of amides is 1. The molecule has 3 heterocycles. The molecule has 0 radical (unpaired) electrons. The van der Waals surface area contributed by atoms with Crippen molar-refractivity contribution in [1.82, 2.24) is 9.88 Å². The summed E-state index contributed by atoms with van der Waals surface area (Å²) in [5.41, 5.74) is 1.15. The van der Waals surface area contributed by atoms with Crippen LogP contribution in [0, 0.1) is 0 Å². The first-order chi connectivity index (χ1) is 11.7. The van der Waals surface area contributed by atoms with Crippen LogP contribution in [0.15, 0.2) is 48.8 Å². The molecule has 1 fully saturated rings. The number of pyridine rings is 1. The summed E-state index contributed by atoms with van der Waals surface area (Å²) in [5, 5.41) is 1.54. The number of hydrogen-bond donors (Lipinski definition) is 0. The van der Waals surface area contributed by atoms with Crippen molar-refractivity contribution in [2.45, 2.75) is 0 Å². The first-order valence-electron chi connectivity index (χ1n) is 7.85. The second kappa shape index (κ2) is 6.42. The zero-order valence-corrected chi connectivity index (χ0v) is 14.6. The van der Waals surface area contributed by atoms with Crippen LogP contribution in [0.5, 0.6) is 0 Å². The van der Waals surface area contributed by atoms with Crippen molar-refractivity contribution >= 4 is 44.6 Å². The summed E-state index contributed by atoms with van der Waals surface area (Å²) in [6, 6.07) is 11.9. The van der Waals surface area contributed by atoms with Gasteiger partial charge in [-0.25, -0.2) is 0 Å². The highest BCUT2D eigenvalue weighted by molar-refractivity contribution is 7.21. The molecular weight excluding hydrogens is 342 g/mol. The molecule has 0 atom stereocenters. The topological polar surface area (TPSA) is 36.4 Å². The van der Waals surface area contributed by atoms with Gasteiger partial charge in [0, 0.05) is 54.3 Å². The van der Waals surface area contributed by atoms with Crippen LogP contribution < -0.4 is 4.90 Å². The highest BCUT2D eigenvalue weighted by atomic mass is 35.5. The number of halogens is 1. The van der Waals surface area contributed by atoms with Gasteiger partial charge in [0.15, 0.2) is 0 Å². The van der Waals surface area contributed by atoms with Crippen molar-refractivity contribution in [3.05, 3.63) is 58.7 Å². The fraction of sp³-hybridized carbons (Fsp3) is 0.222. The molecule has 24 heavy (non-hydrogen) atoms. The van der Waals surface area contributed by atoms with E-state index in [1.807, 2.05) is 41.3 Å². The van der Waals surface area contributed by atoms with Crippen molar-refractivity contribution in [1.29, 1.82) is 0 Å². The maximum Gasteiger partial charge on any atom is 0.265 e. The minimum absolute atomic E-state index is 0.0376. The maximum atomic E-state index is 12.9. The third-order valence-corrected chi connectivity index (χ3v) is 5.99. The first kappa shape index (κ1) is 15.4. The van der Waals surface area contributed by atoms with Gasteiger partial charge in [0.2, 0.25) is 0 Å². The third-order valence-electron chi connectivity index (χ3n) is 4.32. The molecule has 1 amide bonds. The zero-order valence-electron chi connectivity index (χ0n) is 13.0. The molecule has 4 rings (SSSR count). The van der Waals surface area contributed by atoms with E-state index in [1.54, 1.807) is 12.4 Å². The average Bonchev–Trinajstić information content (AvgIpc) is 2.99. The van der Waals surface area contributed by atoms with E-state index in [9.17, 15) is 4.79 Å². The normalized spacial score (nSPS) is 15.0. The van der Waals surface area contributed by atoms with E-state index in [2.05, 4.69) is 9.88 Å². The molecule has 1 aliphatic rings. The molecule has 6 heteroatoms. The summed E-state index contributed by atoms with van der Waals surface area (Å²) in [6.45, 7) is 3.04. The van der Waals surface area contributed by atoms with Crippen molar-refractivity contribution in [2.24, 2.45) is 0 Å². The lowest BCUT2D eigenvalue weighted by Gasteiger charge is -2.35. The molecule has 4 nitrogen and oxygen atoms in total. The minimum Gasteiger partial charge on any atom is -0.368 e. The molecule has 0 aliphatic carbocycles. The van der Waals surface area contributed by atoms with Gasteiger partial charge < -0.3 is 9.80 Å². The lowest BCUT2D eigenvalue weighted by atomic mass is 10.2. The molecule has 1 aromatic carbocycles. The van der Waals surface area contributed by atoms with Crippen molar-refractivity contribution in [3.8, 4) is 0 Å². The van der Waals surface area contributed by atoms with E-state index in [0.717, 1.165) is 28.9 Å². The van der Waals surface area contributed by atoms with Gasteiger partial charge in [0.05, 0.1) is 5.02 Å². The first-order valence-corrected chi connectivity index (χ1v) is 9.05. The fourth-order valence-electron chi connectivity index (χ4n) is 3.02. The Morgan fingerprint density at radius 2 is 1.75 bits per heavy atom. The lowest BCUT2D eigenvalue weighted by molar-refractivity contribution is 0.0752. The van der Waals surface area contributed by atoms with E-state index < -0.39 is 0 Å². The molecule has 0 N–H and O–H groups in total. The summed E-state index contributed by atoms with van der Waals surface area (Å²) >= 11 is 7.92. The number of carbonyl (C=O) groups is 1. The SMILES string of the molecule is O=C(c1sc2ccccc2c1Cl)N1CCN(c2ccncc2)CC1. The average molecular weight is 358 g/mol. The van der Waals surface area contributed by atoms with Crippen molar-refractivity contribution in [3.63, 3.8) is 0 Å². The van der Waals surface area contributed by atoms with E-state index in [-0.39, 0.29) is 5.91 Å². The zero-order chi connectivity index (χ0) is 16.5. The van der Waals surface area contributed by atoms with Crippen LogP contribution in [0.1, 0.15) is 9.67 Å². The largest absolute Gasteiger partial charge is 0.368 e. The van der Waals surface area contributed by atoms with Gasteiger partial charge in [-0.15, -0.1) is 11.3 Å². The van der Waals surface area contributed by atoms with Crippen LogP contribution in [0.25, 0.3) is 10.1 Å². The van der Waals surface area contributed by atoms with Crippen molar-refractivity contribution in [2.75, 3.05) is 31.1 Å². The van der Waals surface area contributed by atoms with Gasteiger partial charge in [-0.2, -0.15) is 0 Å². The van der Waals surface area contributed by atoms with E-state index in [0.29, 0.717) is 23.0 Å². The van der Waals surface area contributed by atoms with E-state index in [1.165, 1.54) is 11.3 Å². The van der Waals surface area contributed by atoms with E-state index in [4.69, 9.17) is 11.6 Å². The molecule has 122 valence electrons. The number of hydrogen-bond acceptors (Lipinski definition) is 4. The Bertz CT molecular complexity index is 872. The number of thiophene rings is 1. The number of nitrogens with zero attached hydrogens (tertiary/aromatic N) is 3. The molecule has 2 aromatic heterocycles.